The Hall–Kier alpha value is -2.04. The van der Waals surface area contributed by atoms with Gasteiger partial charge in [-0.15, -0.1) is 0 Å². The minimum atomic E-state index is -0.611. The number of halogens is 2. The smallest absolute Gasteiger partial charge is 0.243 e. The van der Waals surface area contributed by atoms with Gasteiger partial charge in [0.05, 0.1) is 6.42 Å². The van der Waals surface area contributed by atoms with E-state index in [1.54, 1.807) is 17.0 Å². The molecule has 0 aliphatic rings. The number of carbonyl (C=O) groups is 2. The van der Waals surface area contributed by atoms with Crippen LogP contribution >= 0.6 is 23.2 Å². The van der Waals surface area contributed by atoms with Crippen LogP contribution in [0.15, 0.2) is 48.5 Å². The van der Waals surface area contributed by atoms with Crippen LogP contribution in [-0.4, -0.2) is 28.3 Å². The summed E-state index contributed by atoms with van der Waals surface area (Å²) in [7, 11) is 0. The van der Waals surface area contributed by atoms with Crippen LogP contribution in [0.4, 0.5) is 0 Å². The van der Waals surface area contributed by atoms with Crippen LogP contribution in [0.2, 0.25) is 10.0 Å². The minimum Gasteiger partial charge on any atom is -0.350 e. The van der Waals surface area contributed by atoms with Crippen LogP contribution in [0.1, 0.15) is 45.2 Å². The molecule has 0 saturated carbocycles. The van der Waals surface area contributed by atoms with Crippen molar-refractivity contribution >= 4 is 35.0 Å². The van der Waals surface area contributed by atoms with E-state index >= 15 is 0 Å². The Bertz CT molecular complexity index is 862. The van der Waals surface area contributed by atoms with Crippen molar-refractivity contribution in [3.05, 3.63) is 69.7 Å². The van der Waals surface area contributed by atoms with Crippen molar-refractivity contribution in [3.8, 4) is 0 Å². The van der Waals surface area contributed by atoms with E-state index in [1.807, 2.05) is 64.1 Å². The van der Waals surface area contributed by atoms with Crippen molar-refractivity contribution < 1.29 is 9.59 Å². The van der Waals surface area contributed by atoms with Crippen LogP contribution in [0.5, 0.6) is 0 Å². The SMILES string of the molecule is CC[C@H](C(=O)NC(C)(C)C)N(Cc1ccccc1Cl)C(=O)Cc1ccccc1Cl. The van der Waals surface area contributed by atoms with Crippen molar-refractivity contribution in [1.29, 1.82) is 0 Å². The predicted octanol–water partition coefficient (Wildman–Crippen LogP) is 5.26. The Balaban J connectivity index is 2.35. The van der Waals surface area contributed by atoms with Gasteiger partial charge in [0.15, 0.2) is 0 Å². The largest absolute Gasteiger partial charge is 0.350 e. The van der Waals surface area contributed by atoms with Crippen LogP contribution < -0.4 is 5.32 Å². The van der Waals surface area contributed by atoms with Gasteiger partial charge in [-0.05, 0) is 50.5 Å². The van der Waals surface area contributed by atoms with Gasteiger partial charge >= 0.3 is 0 Å². The molecule has 29 heavy (non-hydrogen) atoms. The summed E-state index contributed by atoms with van der Waals surface area (Å²) in [5.74, 6) is -0.353. The standard InChI is InChI=1S/C23H28Cl2N2O2/c1-5-20(22(29)26-23(2,3)4)27(15-17-11-7-9-13-19(17)25)21(28)14-16-10-6-8-12-18(16)24/h6-13,20H,5,14-15H2,1-4H3,(H,26,29)/t20-/m1/s1. The molecule has 2 amide bonds. The highest BCUT2D eigenvalue weighted by Crippen LogP contribution is 2.22. The Morgan fingerprint density at radius 1 is 0.966 bits per heavy atom. The van der Waals surface area contributed by atoms with Gasteiger partial charge in [0, 0.05) is 22.1 Å². The van der Waals surface area contributed by atoms with E-state index in [2.05, 4.69) is 5.32 Å². The maximum absolute atomic E-state index is 13.3. The van der Waals surface area contributed by atoms with E-state index < -0.39 is 11.6 Å². The van der Waals surface area contributed by atoms with E-state index in [-0.39, 0.29) is 24.8 Å². The topological polar surface area (TPSA) is 49.4 Å². The van der Waals surface area contributed by atoms with Gasteiger partial charge in [-0.2, -0.15) is 0 Å². The Morgan fingerprint density at radius 2 is 1.48 bits per heavy atom. The highest BCUT2D eigenvalue weighted by Gasteiger charge is 2.31. The lowest BCUT2D eigenvalue weighted by Crippen LogP contribution is -2.53. The quantitative estimate of drug-likeness (QED) is 0.645. The summed E-state index contributed by atoms with van der Waals surface area (Å²) >= 11 is 12.6. The fourth-order valence-corrected chi connectivity index (χ4v) is 3.49. The molecule has 2 aromatic carbocycles. The van der Waals surface area contributed by atoms with Gasteiger partial charge in [0.2, 0.25) is 11.8 Å². The van der Waals surface area contributed by atoms with Crippen LogP contribution in [0.25, 0.3) is 0 Å². The molecule has 0 heterocycles. The number of nitrogens with one attached hydrogen (secondary N) is 1. The van der Waals surface area contributed by atoms with E-state index in [1.165, 1.54) is 0 Å². The molecule has 6 heteroatoms. The van der Waals surface area contributed by atoms with Gasteiger partial charge in [-0.1, -0.05) is 66.5 Å². The van der Waals surface area contributed by atoms with Crippen molar-refractivity contribution in [2.75, 3.05) is 0 Å². The third-order valence-corrected chi connectivity index (χ3v) is 5.22. The summed E-state index contributed by atoms with van der Waals surface area (Å²) in [6.45, 7) is 7.90. The fourth-order valence-electron chi connectivity index (χ4n) is 3.09. The zero-order valence-corrected chi connectivity index (χ0v) is 18.8. The molecular formula is C23H28Cl2N2O2. The first-order valence-electron chi connectivity index (χ1n) is 9.70. The summed E-state index contributed by atoms with van der Waals surface area (Å²) in [6, 6.07) is 14.0. The van der Waals surface area contributed by atoms with Gasteiger partial charge < -0.3 is 10.2 Å². The number of amides is 2. The zero-order valence-electron chi connectivity index (χ0n) is 17.3. The molecule has 2 rings (SSSR count). The lowest BCUT2D eigenvalue weighted by molar-refractivity contribution is -0.141. The molecule has 0 saturated heterocycles. The van der Waals surface area contributed by atoms with Gasteiger partial charge in [-0.3, -0.25) is 9.59 Å². The second-order valence-corrected chi connectivity index (χ2v) is 8.86. The molecule has 0 aromatic heterocycles. The summed E-state index contributed by atoms with van der Waals surface area (Å²) in [6.07, 6.45) is 0.601. The summed E-state index contributed by atoms with van der Waals surface area (Å²) in [5, 5.41) is 4.09. The molecule has 1 N–H and O–H groups in total. The number of carbonyl (C=O) groups excluding carboxylic acids is 2. The monoisotopic (exact) mass is 434 g/mol. The summed E-state index contributed by atoms with van der Waals surface area (Å²) in [5.41, 5.74) is 1.13. The highest BCUT2D eigenvalue weighted by atomic mass is 35.5. The first kappa shape index (κ1) is 23.2. The van der Waals surface area contributed by atoms with E-state index in [9.17, 15) is 9.59 Å². The van der Waals surface area contributed by atoms with Crippen LogP contribution in [0, 0.1) is 0 Å². The minimum absolute atomic E-state index is 0.115. The fraction of sp³-hybridized carbons (Fsp3) is 0.391. The van der Waals surface area contributed by atoms with Gasteiger partial charge in [0.25, 0.3) is 0 Å². The molecule has 0 aliphatic carbocycles. The third kappa shape index (κ3) is 6.76. The van der Waals surface area contributed by atoms with E-state index in [0.29, 0.717) is 16.5 Å². The summed E-state index contributed by atoms with van der Waals surface area (Å²) in [4.78, 5) is 27.9. The van der Waals surface area contributed by atoms with Crippen LogP contribution in [0.3, 0.4) is 0 Å². The van der Waals surface area contributed by atoms with Crippen molar-refractivity contribution in [2.45, 2.75) is 58.7 Å². The highest BCUT2D eigenvalue weighted by molar-refractivity contribution is 6.31. The summed E-state index contributed by atoms with van der Waals surface area (Å²) < 4.78 is 0. The van der Waals surface area contributed by atoms with Crippen molar-refractivity contribution in [2.24, 2.45) is 0 Å². The normalized spacial score (nSPS) is 12.3. The van der Waals surface area contributed by atoms with Crippen molar-refractivity contribution in [1.82, 2.24) is 10.2 Å². The van der Waals surface area contributed by atoms with Gasteiger partial charge in [-0.25, -0.2) is 0 Å². The van der Waals surface area contributed by atoms with E-state index in [4.69, 9.17) is 23.2 Å². The first-order valence-corrected chi connectivity index (χ1v) is 10.5. The number of nitrogens with zero attached hydrogens (tertiary/aromatic N) is 1. The molecule has 0 fully saturated rings. The molecule has 0 radical (unpaired) electrons. The molecule has 0 spiro atoms. The molecule has 0 bridgehead atoms. The molecule has 2 aromatic rings. The van der Waals surface area contributed by atoms with Crippen molar-refractivity contribution in [3.63, 3.8) is 0 Å². The molecule has 0 unspecified atom stereocenters. The third-order valence-electron chi connectivity index (χ3n) is 4.48. The molecule has 1 atom stereocenters. The lowest BCUT2D eigenvalue weighted by Gasteiger charge is -2.33. The second kappa shape index (κ2) is 10.1. The Labute approximate surface area is 183 Å². The molecule has 0 aliphatic heterocycles. The Kier molecular flexibility index (Phi) is 8.12. The maximum atomic E-state index is 13.3. The lowest BCUT2D eigenvalue weighted by atomic mass is 10.0. The molecular weight excluding hydrogens is 407 g/mol. The number of benzene rings is 2. The zero-order chi connectivity index (χ0) is 21.6. The molecule has 156 valence electrons. The maximum Gasteiger partial charge on any atom is 0.243 e. The van der Waals surface area contributed by atoms with Gasteiger partial charge in [0.1, 0.15) is 6.04 Å². The molecule has 4 nitrogen and oxygen atoms in total. The van der Waals surface area contributed by atoms with E-state index in [0.717, 1.165) is 11.1 Å². The average molecular weight is 435 g/mol. The Morgan fingerprint density at radius 3 is 1.97 bits per heavy atom. The second-order valence-electron chi connectivity index (χ2n) is 8.04. The first-order chi connectivity index (χ1) is 13.6. The number of rotatable bonds is 7. The number of hydrogen-bond donors (Lipinski definition) is 1. The number of hydrogen-bond acceptors (Lipinski definition) is 2. The predicted molar refractivity (Wildman–Crippen MR) is 119 cm³/mol. The van der Waals surface area contributed by atoms with Crippen LogP contribution in [-0.2, 0) is 22.6 Å². The average Bonchev–Trinajstić information content (AvgIpc) is 2.63.